The minimum atomic E-state index is -4.49. The Labute approximate surface area is 145 Å². The van der Waals surface area contributed by atoms with Crippen molar-refractivity contribution in [2.45, 2.75) is 13.1 Å². The van der Waals surface area contributed by atoms with Crippen molar-refractivity contribution in [2.75, 3.05) is 5.32 Å². The summed E-state index contributed by atoms with van der Waals surface area (Å²) in [6.07, 6.45) is -4.49. The summed E-state index contributed by atoms with van der Waals surface area (Å²) >= 11 is 0. The van der Waals surface area contributed by atoms with E-state index in [-0.39, 0.29) is 29.0 Å². The molecule has 1 N–H and O–H groups in total. The minimum absolute atomic E-state index is 0.0475. The van der Waals surface area contributed by atoms with Crippen LogP contribution in [-0.4, -0.2) is 16.1 Å². The lowest BCUT2D eigenvalue weighted by Crippen LogP contribution is -2.13. The first kappa shape index (κ1) is 17.5. The van der Waals surface area contributed by atoms with Crippen LogP contribution in [0.1, 0.15) is 21.8 Å². The third kappa shape index (κ3) is 4.00. The molecule has 0 radical (unpaired) electrons. The predicted molar refractivity (Wildman–Crippen MR) is 84.9 cm³/mol. The average Bonchev–Trinajstić information content (AvgIpc) is 2.99. The molecule has 0 atom stereocenters. The summed E-state index contributed by atoms with van der Waals surface area (Å²) in [5.74, 6) is -0.292. The molecule has 134 valence electrons. The second-order valence-corrected chi connectivity index (χ2v) is 5.20. The van der Waals surface area contributed by atoms with Crippen molar-refractivity contribution in [2.24, 2.45) is 0 Å². The summed E-state index contributed by atoms with van der Waals surface area (Å²) < 4.78 is 49.0. The maximum absolute atomic E-state index is 12.8. The molecule has 0 aliphatic carbocycles. The number of aromatic nitrogens is 2. The third-order valence-electron chi connectivity index (χ3n) is 3.27. The number of halogens is 3. The fourth-order valence-electron chi connectivity index (χ4n) is 2.12. The smallest absolute Gasteiger partial charge is 0.416 e. The second-order valence-electron chi connectivity index (χ2n) is 5.20. The van der Waals surface area contributed by atoms with E-state index in [1.165, 1.54) is 24.3 Å². The molecule has 3 aromatic rings. The Morgan fingerprint density at radius 1 is 1.12 bits per heavy atom. The van der Waals surface area contributed by atoms with Crippen molar-refractivity contribution in [3.05, 3.63) is 65.5 Å². The zero-order valence-corrected chi connectivity index (χ0v) is 13.4. The molecular formula is C17H12F3N3O3. The topological polar surface area (TPSA) is 77.2 Å². The largest absolute Gasteiger partial charge is 0.457 e. The molecule has 0 fully saturated rings. The van der Waals surface area contributed by atoms with E-state index >= 15 is 0 Å². The van der Waals surface area contributed by atoms with Gasteiger partial charge >= 0.3 is 12.2 Å². The van der Waals surface area contributed by atoms with Crippen molar-refractivity contribution in [1.82, 2.24) is 10.2 Å². The first-order valence-electron chi connectivity index (χ1n) is 7.38. The molecule has 26 heavy (non-hydrogen) atoms. The van der Waals surface area contributed by atoms with Crippen molar-refractivity contribution >= 4 is 11.9 Å². The van der Waals surface area contributed by atoms with Crippen molar-refractivity contribution in [1.29, 1.82) is 0 Å². The van der Waals surface area contributed by atoms with E-state index in [9.17, 15) is 18.0 Å². The number of carbonyl (C=O) groups is 1. The molecule has 3 rings (SSSR count). The molecule has 0 aliphatic heterocycles. The fraction of sp³-hybridized carbons (Fsp3) is 0.118. The number of nitrogens with one attached hydrogen (secondary N) is 1. The van der Waals surface area contributed by atoms with Crippen LogP contribution in [-0.2, 0) is 6.18 Å². The second kappa shape index (κ2) is 6.87. The number of hydrogen-bond donors (Lipinski definition) is 1. The van der Waals surface area contributed by atoms with Gasteiger partial charge in [0.2, 0.25) is 5.89 Å². The first-order valence-corrected chi connectivity index (χ1v) is 7.38. The zero-order chi connectivity index (χ0) is 18.7. The molecule has 0 bridgehead atoms. The highest BCUT2D eigenvalue weighted by Gasteiger charge is 2.30. The summed E-state index contributed by atoms with van der Waals surface area (Å²) in [6.45, 7) is 1.56. The number of para-hydroxylation sites is 1. The molecule has 0 spiro atoms. The highest BCUT2D eigenvalue weighted by atomic mass is 19.4. The van der Waals surface area contributed by atoms with Gasteiger partial charge in [0.15, 0.2) is 0 Å². The molecule has 1 amide bonds. The van der Waals surface area contributed by atoms with Gasteiger partial charge in [-0.15, -0.1) is 5.10 Å². The Balaban J connectivity index is 1.84. The van der Waals surface area contributed by atoms with Crippen LogP contribution in [0.5, 0.6) is 11.5 Å². The summed E-state index contributed by atoms with van der Waals surface area (Å²) in [7, 11) is 0. The van der Waals surface area contributed by atoms with Gasteiger partial charge in [-0.3, -0.25) is 10.1 Å². The average molecular weight is 363 g/mol. The normalized spacial score (nSPS) is 11.2. The number of carbonyl (C=O) groups excluding carboxylic acids is 1. The fourth-order valence-corrected chi connectivity index (χ4v) is 2.12. The maximum Gasteiger partial charge on any atom is 0.416 e. The maximum atomic E-state index is 12.8. The Hall–Kier alpha value is -3.36. The molecule has 9 heteroatoms. The highest BCUT2D eigenvalue weighted by molar-refractivity contribution is 6.05. The van der Waals surface area contributed by atoms with Crippen molar-refractivity contribution < 1.29 is 27.1 Å². The molecule has 0 aliphatic rings. The van der Waals surface area contributed by atoms with Gasteiger partial charge in [0.1, 0.15) is 11.5 Å². The van der Waals surface area contributed by atoms with Gasteiger partial charge in [0.05, 0.1) is 11.1 Å². The molecule has 1 heterocycles. The molecule has 0 unspecified atom stereocenters. The van der Waals surface area contributed by atoms with Crippen LogP contribution in [0.2, 0.25) is 0 Å². The quantitative estimate of drug-likeness (QED) is 0.741. The van der Waals surface area contributed by atoms with Gasteiger partial charge in [0.25, 0.3) is 5.91 Å². The van der Waals surface area contributed by atoms with Crippen LogP contribution in [0, 0.1) is 6.92 Å². The number of hydrogen-bond acceptors (Lipinski definition) is 5. The Morgan fingerprint density at radius 3 is 2.58 bits per heavy atom. The van der Waals surface area contributed by atoms with Crippen LogP contribution < -0.4 is 10.1 Å². The van der Waals surface area contributed by atoms with Gasteiger partial charge in [-0.2, -0.15) is 13.2 Å². The lowest BCUT2D eigenvalue weighted by Gasteiger charge is -2.12. The van der Waals surface area contributed by atoms with Crippen LogP contribution in [0.15, 0.2) is 52.9 Å². The Kier molecular flexibility index (Phi) is 4.61. The van der Waals surface area contributed by atoms with E-state index in [1.807, 2.05) is 0 Å². The number of aryl methyl sites for hydroxylation is 1. The monoisotopic (exact) mass is 363 g/mol. The van der Waals surface area contributed by atoms with E-state index in [2.05, 4.69) is 15.5 Å². The molecule has 0 saturated carbocycles. The lowest BCUT2D eigenvalue weighted by atomic mass is 10.1. The third-order valence-corrected chi connectivity index (χ3v) is 3.27. The Bertz CT molecular complexity index is 938. The minimum Gasteiger partial charge on any atom is -0.457 e. The van der Waals surface area contributed by atoms with E-state index in [0.29, 0.717) is 0 Å². The van der Waals surface area contributed by atoms with Crippen LogP contribution in [0.4, 0.5) is 19.2 Å². The highest BCUT2D eigenvalue weighted by Crippen LogP contribution is 2.33. The van der Waals surface area contributed by atoms with Gasteiger partial charge in [-0.05, 0) is 30.3 Å². The van der Waals surface area contributed by atoms with Gasteiger partial charge in [0, 0.05) is 6.92 Å². The standard InChI is InChI=1S/C17H12F3N3O3/c1-10-22-23-16(25-10)21-15(24)13-7-2-3-8-14(13)26-12-6-4-5-11(9-12)17(18,19)20/h2-9H,1H3,(H,21,23,24). The van der Waals surface area contributed by atoms with Crippen molar-refractivity contribution in [3.63, 3.8) is 0 Å². The summed E-state index contributed by atoms with van der Waals surface area (Å²) in [4.78, 5) is 12.4. The number of nitrogens with zero attached hydrogens (tertiary/aromatic N) is 2. The summed E-state index contributed by atoms with van der Waals surface area (Å²) in [6, 6.07) is 10.4. The van der Waals surface area contributed by atoms with Crippen molar-refractivity contribution in [3.8, 4) is 11.5 Å². The number of rotatable bonds is 4. The molecule has 2 aromatic carbocycles. The molecule has 0 saturated heterocycles. The number of anilines is 1. The van der Waals surface area contributed by atoms with Crippen LogP contribution >= 0.6 is 0 Å². The van der Waals surface area contributed by atoms with Gasteiger partial charge < -0.3 is 9.15 Å². The van der Waals surface area contributed by atoms with Crippen LogP contribution in [0.3, 0.4) is 0 Å². The van der Waals surface area contributed by atoms with E-state index in [4.69, 9.17) is 9.15 Å². The summed E-state index contributed by atoms with van der Waals surface area (Å²) in [5.41, 5.74) is -0.751. The molecule has 1 aromatic heterocycles. The van der Waals surface area contributed by atoms with Crippen LogP contribution in [0.25, 0.3) is 0 Å². The lowest BCUT2D eigenvalue weighted by molar-refractivity contribution is -0.137. The zero-order valence-electron chi connectivity index (χ0n) is 13.4. The summed E-state index contributed by atoms with van der Waals surface area (Å²) in [5, 5.41) is 9.64. The van der Waals surface area contributed by atoms with E-state index in [0.717, 1.165) is 12.1 Å². The van der Waals surface area contributed by atoms with Gasteiger partial charge in [-0.1, -0.05) is 23.3 Å². The number of ether oxygens (including phenoxy) is 1. The predicted octanol–water partition coefficient (Wildman–Crippen LogP) is 4.44. The molecule has 6 nitrogen and oxygen atoms in total. The molecular weight excluding hydrogens is 351 g/mol. The SMILES string of the molecule is Cc1nnc(NC(=O)c2ccccc2Oc2cccc(C(F)(F)F)c2)o1. The van der Waals surface area contributed by atoms with Gasteiger partial charge in [-0.25, -0.2) is 0 Å². The number of benzene rings is 2. The number of alkyl halides is 3. The number of amides is 1. The van der Waals surface area contributed by atoms with E-state index in [1.54, 1.807) is 19.1 Å². The Morgan fingerprint density at radius 2 is 1.88 bits per heavy atom. The van der Waals surface area contributed by atoms with E-state index < -0.39 is 17.6 Å². The first-order chi connectivity index (χ1) is 12.3.